The maximum Gasteiger partial charge on any atom is 0.115 e. The predicted octanol–water partition coefficient (Wildman–Crippen LogP) is 7.16. The van der Waals surface area contributed by atoms with Crippen molar-refractivity contribution in [3.05, 3.63) is 149 Å². The van der Waals surface area contributed by atoms with Crippen molar-refractivity contribution in [1.29, 1.82) is 0 Å². The molecule has 0 fully saturated rings. The summed E-state index contributed by atoms with van der Waals surface area (Å²) in [6, 6.07) is 39.0. The van der Waals surface area contributed by atoms with Crippen molar-refractivity contribution >= 4 is 0 Å². The van der Waals surface area contributed by atoms with Crippen LogP contribution in [-0.2, 0) is 5.41 Å². The third-order valence-corrected chi connectivity index (χ3v) is 6.55. The first kappa shape index (κ1) is 22.3. The molecule has 35 heavy (non-hydrogen) atoms. The number of benzene rings is 5. The van der Waals surface area contributed by atoms with Crippen molar-refractivity contribution < 1.29 is 15.3 Å². The van der Waals surface area contributed by atoms with Gasteiger partial charge in [-0.05, 0) is 82.3 Å². The molecule has 1 aliphatic rings. The van der Waals surface area contributed by atoms with Crippen LogP contribution in [0.2, 0.25) is 0 Å². The molecule has 5 aromatic carbocycles. The topological polar surface area (TPSA) is 60.7 Å². The van der Waals surface area contributed by atoms with Crippen LogP contribution >= 0.6 is 0 Å². The van der Waals surface area contributed by atoms with Crippen LogP contribution in [0.1, 0.15) is 27.8 Å². The quantitative estimate of drug-likeness (QED) is 0.258. The smallest absolute Gasteiger partial charge is 0.115 e. The Morgan fingerprint density at radius 2 is 0.914 bits per heavy atom. The van der Waals surface area contributed by atoms with Crippen LogP contribution in [0.15, 0.2) is 121 Å². The Labute approximate surface area is 205 Å². The molecule has 0 saturated carbocycles. The van der Waals surface area contributed by atoms with E-state index in [0.717, 1.165) is 16.7 Å². The van der Waals surface area contributed by atoms with Gasteiger partial charge in [0, 0.05) is 0 Å². The molecule has 0 spiro atoms. The average molecular weight is 459 g/mol. The standard InChI is InChI=1S/C25H18O2.C7H8O/c26-19-13-9-17(10-14-19)25(18-11-15-20(27)16-12-18)23-7-3-1-5-21(23)22-6-2-4-8-24(22)25;1-6-3-2-4-7(8)5-6/h1-16,26-27H;2-5,8H,1H3. The van der Waals surface area contributed by atoms with Gasteiger partial charge in [-0.1, -0.05) is 84.9 Å². The van der Waals surface area contributed by atoms with Gasteiger partial charge in [-0.3, -0.25) is 0 Å². The molecule has 5 aromatic rings. The van der Waals surface area contributed by atoms with Crippen molar-refractivity contribution in [3.63, 3.8) is 0 Å². The number of hydrogen-bond acceptors (Lipinski definition) is 3. The molecule has 6 rings (SSSR count). The van der Waals surface area contributed by atoms with Gasteiger partial charge < -0.3 is 15.3 Å². The summed E-state index contributed by atoms with van der Waals surface area (Å²) in [5.41, 5.74) is 7.62. The number of aromatic hydroxyl groups is 3. The molecule has 0 unspecified atom stereocenters. The Hall–Kier alpha value is -4.50. The summed E-state index contributed by atoms with van der Waals surface area (Å²) in [7, 11) is 0. The van der Waals surface area contributed by atoms with E-state index in [4.69, 9.17) is 5.11 Å². The zero-order chi connectivity index (χ0) is 24.4. The number of phenols is 3. The minimum Gasteiger partial charge on any atom is -0.508 e. The minimum atomic E-state index is -0.491. The largest absolute Gasteiger partial charge is 0.508 e. The first-order chi connectivity index (χ1) is 17.0. The second kappa shape index (κ2) is 9.03. The fourth-order valence-corrected chi connectivity index (χ4v) is 5.07. The van der Waals surface area contributed by atoms with E-state index in [1.807, 2.05) is 43.3 Å². The van der Waals surface area contributed by atoms with Crippen LogP contribution in [0.4, 0.5) is 0 Å². The lowest BCUT2D eigenvalue weighted by Gasteiger charge is -2.33. The van der Waals surface area contributed by atoms with Gasteiger partial charge in [0.15, 0.2) is 0 Å². The fraction of sp³-hybridized carbons (Fsp3) is 0.0625. The minimum absolute atomic E-state index is 0.249. The highest BCUT2D eigenvalue weighted by Gasteiger charge is 2.45. The summed E-state index contributed by atoms with van der Waals surface area (Å²) >= 11 is 0. The number of rotatable bonds is 2. The zero-order valence-corrected chi connectivity index (χ0v) is 19.4. The molecule has 0 aliphatic heterocycles. The van der Waals surface area contributed by atoms with Crippen molar-refractivity contribution in [3.8, 4) is 28.4 Å². The average Bonchev–Trinajstić information content (AvgIpc) is 3.17. The molecule has 0 aromatic heterocycles. The second-order valence-corrected chi connectivity index (χ2v) is 8.77. The van der Waals surface area contributed by atoms with Gasteiger partial charge >= 0.3 is 0 Å². The molecule has 0 bridgehead atoms. The number of phenolic OH excluding ortho intramolecular Hbond substituents is 3. The molecule has 3 N–H and O–H groups in total. The van der Waals surface area contributed by atoms with E-state index in [9.17, 15) is 10.2 Å². The summed E-state index contributed by atoms with van der Waals surface area (Å²) < 4.78 is 0. The number of aryl methyl sites for hydroxylation is 1. The van der Waals surface area contributed by atoms with Gasteiger partial charge in [0.2, 0.25) is 0 Å². The van der Waals surface area contributed by atoms with Crippen LogP contribution in [0.25, 0.3) is 11.1 Å². The molecule has 3 nitrogen and oxygen atoms in total. The third kappa shape index (κ3) is 3.91. The van der Waals surface area contributed by atoms with Gasteiger partial charge in [-0.2, -0.15) is 0 Å². The molecular weight excluding hydrogens is 432 g/mol. The highest BCUT2D eigenvalue weighted by atomic mass is 16.3. The summed E-state index contributed by atoms with van der Waals surface area (Å²) in [5.74, 6) is 0.836. The molecule has 0 atom stereocenters. The van der Waals surface area contributed by atoms with E-state index < -0.39 is 5.41 Å². The van der Waals surface area contributed by atoms with Crippen LogP contribution in [-0.4, -0.2) is 15.3 Å². The SMILES string of the molecule is Cc1cccc(O)c1.Oc1ccc(C2(c3ccc(O)cc3)c3ccccc3-c3ccccc32)cc1. The second-order valence-electron chi connectivity index (χ2n) is 8.77. The molecular formula is C32H26O3. The third-order valence-electron chi connectivity index (χ3n) is 6.55. The molecule has 1 aliphatic carbocycles. The highest BCUT2D eigenvalue weighted by molar-refractivity contribution is 5.86. The molecule has 0 radical (unpaired) electrons. The van der Waals surface area contributed by atoms with Crippen LogP contribution in [0.5, 0.6) is 17.2 Å². The Balaban J connectivity index is 0.000000271. The van der Waals surface area contributed by atoms with E-state index in [1.165, 1.54) is 22.3 Å². The van der Waals surface area contributed by atoms with E-state index in [0.29, 0.717) is 5.75 Å². The van der Waals surface area contributed by atoms with E-state index in [-0.39, 0.29) is 11.5 Å². The van der Waals surface area contributed by atoms with Gasteiger partial charge in [-0.25, -0.2) is 0 Å². The maximum atomic E-state index is 9.85. The monoisotopic (exact) mass is 458 g/mol. The summed E-state index contributed by atoms with van der Waals surface area (Å²) in [4.78, 5) is 0. The van der Waals surface area contributed by atoms with Crippen LogP contribution in [0.3, 0.4) is 0 Å². The maximum absolute atomic E-state index is 9.85. The Kier molecular flexibility index (Phi) is 5.76. The Morgan fingerprint density at radius 1 is 0.457 bits per heavy atom. The zero-order valence-electron chi connectivity index (χ0n) is 19.4. The molecule has 0 saturated heterocycles. The fourth-order valence-electron chi connectivity index (χ4n) is 5.07. The van der Waals surface area contributed by atoms with Gasteiger partial charge in [0.05, 0.1) is 5.41 Å². The predicted molar refractivity (Wildman–Crippen MR) is 140 cm³/mol. The summed E-state index contributed by atoms with van der Waals surface area (Å²) in [5, 5.41) is 28.5. The molecule has 0 amide bonds. The van der Waals surface area contributed by atoms with Crippen molar-refractivity contribution in [2.75, 3.05) is 0 Å². The van der Waals surface area contributed by atoms with Crippen molar-refractivity contribution in [2.45, 2.75) is 12.3 Å². The number of hydrogen-bond donors (Lipinski definition) is 3. The van der Waals surface area contributed by atoms with Gasteiger partial charge in [0.25, 0.3) is 0 Å². The lowest BCUT2D eigenvalue weighted by atomic mass is 9.68. The summed E-state index contributed by atoms with van der Waals surface area (Å²) in [6.45, 7) is 1.94. The molecule has 172 valence electrons. The Morgan fingerprint density at radius 3 is 1.31 bits per heavy atom. The van der Waals surface area contributed by atoms with E-state index >= 15 is 0 Å². The first-order valence-corrected chi connectivity index (χ1v) is 11.5. The lowest BCUT2D eigenvalue weighted by Crippen LogP contribution is -2.28. The molecule has 0 heterocycles. The molecule has 3 heteroatoms. The van der Waals surface area contributed by atoms with Gasteiger partial charge in [-0.15, -0.1) is 0 Å². The van der Waals surface area contributed by atoms with Crippen LogP contribution < -0.4 is 0 Å². The summed E-state index contributed by atoms with van der Waals surface area (Å²) in [6.07, 6.45) is 0. The van der Waals surface area contributed by atoms with Crippen molar-refractivity contribution in [2.24, 2.45) is 0 Å². The number of fused-ring (bicyclic) bond motifs is 3. The van der Waals surface area contributed by atoms with Crippen LogP contribution in [0, 0.1) is 6.92 Å². The van der Waals surface area contributed by atoms with E-state index in [1.54, 1.807) is 36.4 Å². The highest BCUT2D eigenvalue weighted by Crippen LogP contribution is 2.56. The first-order valence-electron chi connectivity index (χ1n) is 11.5. The lowest BCUT2D eigenvalue weighted by molar-refractivity contribution is 0.474. The van der Waals surface area contributed by atoms with E-state index in [2.05, 4.69) is 48.5 Å². The van der Waals surface area contributed by atoms with Gasteiger partial charge in [0.1, 0.15) is 17.2 Å². The Bertz CT molecular complexity index is 1360. The normalized spacial score (nSPS) is 12.7. The van der Waals surface area contributed by atoms with Crippen molar-refractivity contribution in [1.82, 2.24) is 0 Å².